The number of fused-ring (bicyclic) bond motifs is 12. The number of halogens is 2. The minimum absolute atomic E-state index is 0.134. The van der Waals surface area contributed by atoms with E-state index in [9.17, 15) is 30.6 Å². The Morgan fingerprint density at radius 1 is 0.388 bits per heavy atom. The number of carbonyl (C=O) groups is 2. The van der Waals surface area contributed by atoms with E-state index in [-0.39, 0.29) is 56.1 Å². The molecule has 0 aliphatic heterocycles. The highest BCUT2D eigenvalue weighted by Crippen LogP contribution is 2.69. The molecule has 12 heteroatoms. The van der Waals surface area contributed by atoms with E-state index >= 15 is 8.78 Å². The van der Waals surface area contributed by atoms with Crippen LogP contribution in [0.3, 0.4) is 0 Å². The molecular weight excluding hydrogens is 1290 g/mol. The summed E-state index contributed by atoms with van der Waals surface area (Å²) in [6.07, 6.45) is 3.52. The van der Waals surface area contributed by atoms with Gasteiger partial charge in [-0.25, -0.2) is 8.78 Å². The zero-order chi connectivity index (χ0) is 67.2. The van der Waals surface area contributed by atoms with Crippen molar-refractivity contribution in [2.75, 3.05) is 0 Å². The molecule has 98 heavy (non-hydrogen) atoms. The molecule has 0 spiro atoms. The standard InChI is InChI=1S/C86H48F2N4O2S4/c1-45-13-23-53(24-14-45)85(54-25-15-46(2)16-26-54)75-63-33-21-49(67-35-31-57(95-67)39-65-71(51(41-89)42-90)59-9-5-7-11-61(59)81(65)93)37-69(63)97-83(75)73-77(85)79(87)74-78(80(73)88)86(55-27-17-47(3)18-28-55,56-29-19-48(4)20-30-56)76-64-34-22-50(38-70(64)98-84(74)76)68-36-32-58(96-68)40-66-72(52(43-91)44-92)60-10-6-8-12-62(60)82(66)94/h5-40H,1-4H3/b65-39-,66-40-. The molecule has 4 aliphatic carbocycles. The number of hydrogen-bond donors (Lipinski definition) is 0. The summed E-state index contributed by atoms with van der Waals surface area (Å²) in [6, 6.07) is 75.5. The van der Waals surface area contributed by atoms with Crippen molar-refractivity contribution in [1.29, 1.82) is 21.0 Å². The number of rotatable bonds is 8. The Bertz CT molecular complexity index is 5580. The van der Waals surface area contributed by atoms with E-state index in [1.807, 2.05) is 76.2 Å². The molecule has 6 nitrogen and oxygen atoms in total. The number of aryl methyl sites for hydroxylation is 4. The number of nitrogens with zero attached hydrogens (tertiary/aromatic N) is 4. The summed E-state index contributed by atoms with van der Waals surface area (Å²) in [4.78, 5) is 32.6. The first-order valence-electron chi connectivity index (χ1n) is 31.7. The average molecular weight is 1340 g/mol. The summed E-state index contributed by atoms with van der Waals surface area (Å²) in [6.45, 7) is 8.12. The predicted octanol–water partition coefficient (Wildman–Crippen LogP) is 22.0. The van der Waals surface area contributed by atoms with E-state index in [1.54, 1.807) is 60.7 Å². The molecule has 4 aromatic heterocycles. The second-order valence-corrected chi connectivity index (χ2v) is 29.7. The third-order valence-corrected chi connectivity index (χ3v) is 24.4. The molecule has 462 valence electrons. The molecule has 4 aliphatic rings. The van der Waals surface area contributed by atoms with E-state index in [4.69, 9.17) is 0 Å². The number of Topliss-reactive ketones (excluding diaryl/α,β-unsaturated/α-hetero) is 2. The molecule has 0 amide bonds. The summed E-state index contributed by atoms with van der Waals surface area (Å²) in [5.41, 5.74) is 11.7. The third kappa shape index (κ3) is 8.53. The molecule has 4 heterocycles. The van der Waals surface area contributed by atoms with Crippen molar-refractivity contribution in [3.05, 3.63) is 339 Å². The number of hydrogen-bond acceptors (Lipinski definition) is 10. The van der Waals surface area contributed by atoms with Crippen LogP contribution >= 0.6 is 45.3 Å². The first-order valence-corrected chi connectivity index (χ1v) is 35.0. The minimum Gasteiger partial charge on any atom is -0.289 e. The van der Waals surface area contributed by atoms with Crippen LogP contribution in [0.5, 0.6) is 0 Å². The smallest absolute Gasteiger partial charge is 0.194 e. The number of carbonyl (C=O) groups excluding carboxylic acids is 2. The van der Waals surface area contributed by atoms with Gasteiger partial charge in [-0.2, -0.15) is 21.0 Å². The van der Waals surface area contributed by atoms with E-state index in [0.717, 1.165) is 106 Å². The minimum atomic E-state index is -1.39. The van der Waals surface area contributed by atoms with Crippen LogP contribution in [0, 0.1) is 84.7 Å². The van der Waals surface area contributed by atoms with Crippen LogP contribution in [0.2, 0.25) is 0 Å². The van der Waals surface area contributed by atoms with Gasteiger partial charge in [0, 0.05) is 94.3 Å². The SMILES string of the molecule is Cc1ccc(C2(c3ccc(C)cc3)c3c(F)c4c(c(F)c3-c3sc5cc(-c6ccc(/C=C7\C(=O)c8ccccc8C7=C(C#N)C#N)s6)ccc5c32)C(c2ccc(C)cc2)(c2ccc(C)cc2)c2c-4sc3cc(-c4ccc(/C=C5\C(=O)c6ccccc6C5=C(C#N)C#N)s4)ccc23)cc1. The van der Waals surface area contributed by atoms with Crippen LogP contribution in [-0.2, 0) is 10.8 Å². The molecule has 0 N–H and O–H groups in total. The Balaban J connectivity index is 0.894. The van der Waals surface area contributed by atoms with E-state index in [1.165, 1.54) is 45.3 Å². The maximum Gasteiger partial charge on any atom is 0.194 e. The molecule has 0 unspecified atom stereocenters. The van der Waals surface area contributed by atoms with Crippen molar-refractivity contribution in [1.82, 2.24) is 0 Å². The molecule has 0 saturated heterocycles. The van der Waals surface area contributed by atoms with Crippen molar-refractivity contribution < 1.29 is 18.4 Å². The first kappa shape index (κ1) is 60.1. The Kier molecular flexibility index (Phi) is 13.8. The van der Waals surface area contributed by atoms with Gasteiger partial charge in [-0.15, -0.1) is 45.3 Å². The van der Waals surface area contributed by atoms with Crippen LogP contribution in [0.15, 0.2) is 229 Å². The summed E-state index contributed by atoms with van der Waals surface area (Å²) in [7, 11) is 0. The number of thiophene rings is 4. The Morgan fingerprint density at radius 3 is 1.04 bits per heavy atom. The van der Waals surface area contributed by atoms with Gasteiger partial charge in [0.1, 0.15) is 47.1 Å². The molecule has 0 radical (unpaired) electrons. The van der Waals surface area contributed by atoms with Crippen LogP contribution < -0.4 is 0 Å². The lowest BCUT2D eigenvalue weighted by Gasteiger charge is -2.36. The molecule has 0 bridgehead atoms. The molecule has 0 fully saturated rings. The van der Waals surface area contributed by atoms with Gasteiger partial charge in [-0.3, -0.25) is 9.59 Å². The van der Waals surface area contributed by atoms with Crippen molar-refractivity contribution in [2.45, 2.75) is 38.5 Å². The molecule has 13 aromatic rings. The predicted molar refractivity (Wildman–Crippen MR) is 391 cm³/mol. The largest absolute Gasteiger partial charge is 0.289 e. The van der Waals surface area contributed by atoms with Crippen molar-refractivity contribution in [3.8, 4) is 66.0 Å². The van der Waals surface area contributed by atoms with Gasteiger partial charge in [0.25, 0.3) is 0 Å². The van der Waals surface area contributed by atoms with Crippen LogP contribution in [0.25, 0.3) is 85.2 Å². The van der Waals surface area contributed by atoms with Gasteiger partial charge in [0.05, 0.1) is 10.8 Å². The number of nitriles is 4. The van der Waals surface area contributed by atoms with E-state index in [2.05, 4.69) is 133 Å². The van der Waals surface area contributed by atoms with Gasteiger partial charge in [-0.05, 0) is 143 Å². The van der Waals surface area contributed by atoms with Gasteiger partial charge in [0.15, 0.2) is 11.6 Å². The molecule has 9 aromatic carbocycles. The highest BCUT2D eigenvalue weighted by molar-refractivity contribution is 7.23. The Hall–Kier alpha value is -11.6. The van der Waals surface area contributed by atoms with Gasteiger partial charge < -0.3 is 0 Å². The lowest BCUT2D eigenvalue weighted by molar-refractivity contribution is 0.103. The maximum atomic E-state index is 20.5. The summed E-state index contributed by atoms with van der Waals surface area (Å²) >= 11 is 5.87. The lowest BCUT2D eigenvalue weighted by atomic mass is 9.64. The molecule has 0 saturated carbocycles. The highest BCUT2D eigenvalue weighted by atomic mass is 32.1. The van der Waals surface area contributed by atoms with Gasteiger partial charge in [-0.1, -0.05) is 192 Å². The molecular formula is C86H48F2N4O2S4. The van der Waals surface area contributed by atoms with E-state index < -0.39 is 22.5 Å². The van der Waals surface area contributed by atoms with Gasteiger partial charge >= 0.3 is 0 Å². The number of allylic oxidation sites excluding steroid dienone is 6. The van der Waals surface area contributed by atoms with Crippen LogP contribution in [0.4, 0.5) is 8.78 Å². The van der Waals surface area contributed by atoms with Crippen molar-refractivity contribution in [3.63, 3.8) is 0 Å². The van der Waals surface area contributed by atoms with Crippen LogP contribution in [0.1, 0.15) is 108 Å². The second kappa shape index (κ2) is 22.5. The summed E-state index contributed by atoms with van der Waals surface area (Å²) in [5, 5.41) is 41.9. The fourth-order valence-electron chi connectivity index (χ4n) is 15.5. The summed E-state index contributed by atoms with van der Waals surface area (Å²) in [5.74, 6) is -1.51. The van der Waals surface area contributed by atoms with Gasteiger partial charge in [0.2, 0.25) is 0 Å². The topological polar surface area (TPSA) is 129 Å². The lowest BCUT2D eigenvalue weighted by Crippen LogP contribution is -2.32. The highest BCUT2D eigenvalue weighted by Gasteiger charge is 2.58. The maximum absolute atomic E-state index is 20.5. The third-order valence-electron chi connectivity index (χ3n) is 19.9. The normalized spacial score (nSPS) is 15.0. The Morgan fingerprint density at radius 2 is 0.714 bits per heavy atom. The molecule has 0 atom stereocenters. The van der Waals surface area contributed by atoms with Crippen LogP contribution in [-0.4, -0.2) is 11.6 Å². The zero-order valence-corrected chi connectivity index (χ0v) is 56.0. The number of ketones is 2. The Labute approximate surface area is 579 Å². The van der Waals surface area contributed by atoms with E-state index in [0.29, 0.717) is 43.2 Å². The quantitative estimate of drug-likeness (QED) is 0.110. The van der Waals surface area contributed by atoms with Crippen molar-refractivity contribution >= 4 is 100 Å². The van der Waals surface area contributed by atoms with Crippen molar-refractivity contribution in [2.24, 2.45) is 0 Å². The zero-order valence-electron chi connectivity index (χ0n) is 52.8. The monoisotopic (exact) mass is 1330 g/mol. The average Bonchev–Trinajstić information content (AvgIpc) is 1.48. The fourth-order valence-corrected chi connectivity index (χ4v) is 20.1. The summed E-state index contributed by atoms with van der Waals surface area (Å²) < 4.78 is 42.8. The first-order chi connectivity index (χ1) is 47.7. The second-order valence-electron chi connectivity index (χ2n) is 25.3. The molecule has 17 rings (SSSR count). The fraction of sp³-hybridized carbons (Fsp3) is 0.0698. The number of benzene rings is 9.